The number of aryl methyl sites for hydroxylation is 1. The van der Waals surface area contributed by atoms with E-state index in [4.69, 9.17) is 4.52 Å². The van der Waals surface area contributed by atoms with Crippen LogP contribution < -0.4 is 0 Å². The van der Waals surface area contributed by atoms with Gasteiger partial charge in [-0.15, -0.1) is 0 Å². The van der Waals surface area contributed by atoms with Crippen LogP contribution in [-0.4, -0.2) is 54.5 Å². The normalized spacial score (nSPS) is 23.8. The van der Waals surface area contributed by atoms with Crippen molar-refractivity contribution in [2.24, 2.45) is 0 Å². The summed E-state index contributed by atoms with van der Waals surface area (Å²) < 4.78 is 7.03. The molecule has 134 valence electrons. The molecule has 0 spiro atoms. The van der Waals surface area contributed by atoms with Gasteiger partial charge in [-0.1, -0.05) is 5.16 Å². The zero-order valence-corrected chi connectivity index (χ0v) is 14.2. The van der Waals surface area contributed by atoms with Crippen LogP contribution in [0.15, 0.2) is 23.0 Å². The number of nitrogens with zero attached hydrogens (tertiary/aromatic N) is 5. The number of likely N-dealkylation sites (tertiary alicyclic amines) is 1. The van der Waals surface area contributed by atoms with Gasteiger partial charge < -0.3 is 14.5 Å². The molecule has 1 N–H and O–H groups in total. The standard InChI is InChI=1S/C17H23N5O3/c23-15(5-10-22-9-2-7-18-22)21-8-1-6-17(24,12-21)11-14-19-16(20-25-14)13-3-4-13/h2,7,9,13,24H,1,3-6,8,10-12H2. The number of aliphatic hydroxyl groups is 1. The van der Waals surface area contributed by atoms with Gasteiger partial charge in [-0.05, 0) is 31.7 Å². The molecular weight excluding hydrogens is 322 g/mol. The number of rotatable bonds is 6. The third-order valence-electron chi connectivity index (χ3n) is 4.93. The number of hydrogen-bond donors (Lipinski definition) is 1. The summed E-state index contributed by atoms with van der Waals surface area (Å²) in [6, 6.07) is 1.84. The quantitative estimate of drug-likeness (QED) is 0.843. The summed E-state index contributed by atoms with van der Waals surface area (Å²) in [6.45, 7) is 1.54. The van der Waals surface area contributed by atoms with Gasteiger partial charge >= 0.3 is 0 Å². The minimum atomic E-state index is -0.993. The predicted octanol–water partition coefficient (Wildman–Crippen LogP) is 1.13. The SMILES string of the molecule is O=C(CCn1cccn1)N1CCCC(O)(Cc2nc(C3CC3)no2)C1. The molecule has 1 saturated carbocycles. The van der Waals surface area contributed by atoms with Gasteiger partial charge in [-0.2, -0.15) is 10.1 Å². The first-order chi connectivity index (χ1) is 12.1. The predicted molar refractivity (Wildman–Crippen MR) is 87.6 cm³/mol. The van der Waals surface area contributed by atoms with Crippen molar-refractivity contribution in [1.29, 1.82) is 0 Å². The summed E-state index contributed by atoms with van der Waals surface area (Å²) in [4.78, 5) is 18.6. The van der Waals surface area contributed by atoms with Crippen molar-refractivity contribution in [2.45, 2.75) is 56.6 Å². The summed E-state index contributed by atoms with van der Waals surface area (Å²) >= 11 is 0. The van der Waals surface area contributed by atoms with E-state index in [2.05, 4.69) is 15.2 Å². The Hall–Kier alpha value is -2.22. The number of hydrogen-bond acceptors (Lipinski definition) is 6. The Labute approximate surface area is 145 Å². The highest BCUT2D eigenvalue weighted by Gasteiger charge is 2.37. The number of β-amino-alcohol motifs (C(OH)–C–C–N with tert-alkyl or cyclic N) is 1. The van der Waals surface area contributed by atoms with Crippen molar-refractivity contribution < 1.29 is 14.4 Å². The molecule has 1 atom stereocenters. The lowest BCUT2D eigenvalue weighted by molar-refractivity contribution is -0.138. The van der Waals surface area contributed by atoms with Gasteiger partial charge in [0.25, 0.3) is 0 Å². The number of carbonyl (C=O) groups is 1. The number of carbonyl (C=O) groups excluding carboxylic acids is 1. The minimum absolute atomic E-state index is 0.0397. The number of aromatic nitrogens is 4. The monoisotopic (exact) mass is 345 g/mol. The Balaban J connectivity index is 1.34. The minimum Gasteiger partial charge on any atom is -0.388 e. The van der Waals surface area contributed by atoms with E-state index < -0.39 is 5.60 Å². The molecule has 0 bridgehead atoms. The molecule has 1 aliphatic carbocycles. The van der Waals surface area contributed by atoms with Gasteiger partial charge in [-0.25, -0.2) is 0 Å². The summed E-state index contributed by atoms with van der Waals surface area (Å²) in [5.41, 5.74) is -0.993. The maximum atomic E-state index is 12.5. The molecule has 3 heterocycles. The zero-order chi connectivity index (χ0) is 17.3. The van der Waals surface area contributed by atoms with Crippen molar-refractivity contribution >= 4 is 5.91 Å². The van der Waals surface area contributed by atoms with Crippen molar-refractivity contribution in [1.82, 2.24) is 24.8 Å². The van der Waals surface area contributed by atoms with Gasteiger partial charge in [-0.3, -0.25) is 9.48 Å². The highest BCUT2D eigenvalue weighted by molar-refractivity contribution is 5.76. The highest BCUT2D eigenvalue weighted by atomic mass is 16.5. The maximum absolute atomic E-state index is 12.5. The average Bonchev–Trinajstić information content (AvgIpc) is 3.12. The Bertz CT molecular complexity index is 724. The second kappa shape index (κ2) is 6.59. The Morgan fingerprint density at radius 1 is 1.44 bits per heavy atom. The van der Waals surface area contributed by atoms with Crippen LogP contribution in [0.3, 0.4) is 0 Å². The second-order valence-electron chi connectivity index (χ2n) is 7.16. The van der Waals surface area contributed by atoms with Gasteiger partial charge in [0.1, 0.15) is 0 Å². The molecule has 0 radical (unpaired) electrons. The van der Waals surface area contributed by atoms with E-state index in [0.29, 0.717) is 50.7 Å². The molecule has 25 heavy (non-hydrogen) atoms. The lowest BCUT2D eigenvalue weighted by Crippen LogP contribution is -2.51. The van der Waals surface area contributed by atoms with E-state index in [1.54, 1.807) is 15.8 Å². The number of amides is 1. The van der Waals surface area contributed by atoms with Crippen LogP contribution in [-0.2, 0) is 17.8 Å². The van der Waals surface area contributed by atoms with E-state index in [-0.39, 0.29) is 5.91 Å². The van der Waals surface area contributed by atoms with Crippen LogP contribution in [0, 0.1) is 0 Å². The summed E-state index contributed by atoms with van der Waals surface area (Å²) in [5.74, 6) is 1.69. The van der Waals surface area contributed by atoms with E-state index in [9.17, 15) is 9.90 Å². The zero-order valence-electron chi connectivity index (χ0n) is 14.2. The van der Waals surface area contributed by atoms with Crippen LogP contribution in [0.1, 0.15) is 49.7 Å². The third kappa shape index (κ3) is 3.89. The van der Waals surface area contributed by atoms with E-state index in [0.717, 1.165) is 25.1 Å². The van der Waals surface area contributed by atoms with Crippen molar-refractivity contribution in [3.63, 3.8) is 0 Å². The lowest BCUT2D eigenvalue weighted by atomic mass is 9.89. The van der Waals surface area contributed by atoms with Gasteiger partial charge in [0.2, 0.25) is 11.8 Å². The molecule has 2 fully saturated rings. The molecule has 1 saturated heterocycles. The fourth-order valence-electron chi connectivity index (χ4n) is 3.40. The van der Waals surface area contributed by atoms with Gasteiger partial charge in [0, 0.05) is 44.4 Å². The van der Waals surface area contributed by atoms with E-state index in [1.165, 1.54) is 0 Å². The first-order valence-corrected chi connectivity index (χ1v) is 8.91. The van der Waals surface area contributed by atoms with Crippen LogP contribution in [0.4, 0.5) is 0 Å². The van der Waals surface area contributed by atoms with Crippen LogP contribution in [0.25, 0.3) is 0 Å². The molecule has 8 nitrogen and oxygen atoms in total. The van der Waals surface area contributed by atoms with Crippen LogP contribution in [0.5, 0.6) is 0 Å². The second-order valence-corrected chi connectivity index (χ2v) is 7.16. The van der Waals surface area contributed by atoms with Gasteiger partial charge in [0.05, 0.1) is 12.0 Å². The van der Waals surface area contributed by atoms with Crippen molar-refractivity contribution in [3.05, 3.63) is 30.2 Å². The molecule has 8 heteroatoms. The molecule has 2 aromatic heterocycles. The highest BCUT2D eigenvalue weighted by Crippen LogP contribution is 2.38. The molecule has 1 aliphatic heterocycles. The van der Waals surface area contributed by atoms with Crippen molar-refractivity contribution in [3.8, 4) is 0 Å². The number of piperidine rings is 1. The Morgan fingerprint density at radius 3 is 3.08 bits per heavy atom. The third-order valence-corrected chi connectivity index (χ3v) is 4.93. The van der Waals surface area contributed by atoms with E-state index in [1.807, 2.05) is 12.3 Å². The summed E-state index contributed by atoms with van der Waals surface area (Å²) in [6.07, 6.45) is 7.85. The fourth-order valence-corrected chi connectivity index (χ4v) is 3.40. The average molecular weight is 345 g/mol. The molecule has 4 rings (SSSR count). The Kier molecular flexibility index (Phi) is 4.29. The molecule has 0 aromatic carbocycles. The first kappa shape index (κ1) is 16.3. The molecule has 2 aromatic rings. The molecule has 1 unspecified atom stereocenters. The molecule has 1 amide bonds. The largest absolute Gasteiger partial charge is 0.388 e. The smallest absolute Gasteiger partial charge is 0.229 e. The first-order valence-electron chi connectivity index (χ1n) is 8.91. The fraction of sp³-hybridized carbons (Fsp3) is 0.647. The topological polar surface area (TPSA) is 97.3 Å². The van der Waals surface area contributed by atoms with E-state index >= 15 is 0 Å². The summed E-state index contributed by atoms with van der Waals surface area (Å²) in [5, 5.41) is 19.0. The molecular formula is C17H23N5O3. The van der Waals surface area contributed by atoms with Crippen molar-refractivity contribution in [2.75, 3.05) is 13.1 Å². The molecule has 2 aliphatic rings. The van der Waals surface area contributed by atoms with Gasteiger partial charge in [0.15, 0.2) is 5.82 Å². The maximum Gasteiger partial charge on any atom is 0.229 e. The summed E-state index contributed by atoms with van der Waals surface area (Å²) in [7, 11) is 0. The van der Waals surface area contributed by atoms with Crippen LogP contribution in [0.2, 0.25) is 0 Å². The van der Waals surface area contributed by atoms with Crippen LogP contribution >= 0.6 is 0 Å². The lowest BCUT2D eigenvalue weighted by Gasteiger charge is -2.38. The Morgan fingerprint density at radius 2 is 2.32 bits per heavy atom.